The van der Waals surface area contributed by atoms with E-state index >= 15 is 0 Å². The van der Waals surface area contributed by atoms with E-state index in [1.54, 1.807) is 24.3 Å². The summed E-state index contributed by atoms with van der Waals surface area (Å²) in [6.07, 6.45) is 0. The fraction of sp³-hybridized carbons (Fsp3) is 0.350. The summed E-state index contributed by atoms with van der Waals surface area (Å²) in [5.41, 5.74) is 0.875. The molecule has 7 heteroatoms. The van der Waals surface area contributed by atoms with Crippen LogP contribution in [0.3, 0.4) is 0 Å². The Balaban J connectivity index is 1.92. The number of methoxy groups -OCH3 is 1. The van der Waals surface area contributed by atoms with Crippen molar-refractivity contribution in [2.45, 2.75) is 13.5 Å². The smallest absolute Gasteiger partial charge is 0.194 e. The average Bonchev–Trinajstić information content (AvgIpc) is 2.66. The van der Waals surface area contributed by atoms with E-state index in [2.05, 4.69) is 10.3 Å². The van der Waals surface area contributed by atoms with Crippen molar-refractivity contribution in [1.29, 1.82) is 0 Å². The van der Waals surface area contributed by atoms with E-state index < -0.39 is 0 Å². The van der Waals surface area contributed by atoms with Crippen molar-refractivity contribution >= 4 is 5.96 Å². The van der Waals surface area contributed by atoms with Crippen LogP contribution in [0.1, 0.15) is 12.5 Å². The first kappa shape index (κ1) is 20.4. The summed E-state index contributed by atoms with van der Waals surface area (Å²) in [5, 5.41) is 13.1. The van der Waals surface area contributed by atoms with Crippen LogP contribution in [-0.4, -0.2) is 49.8 Å². The van der Waals surface area contributed by atoms with E-state index in [0.29, 0.717) is 31.2 Å². The fourth-order valence-corrected chi connectivity index (χ4v) is 2.41. The molecule has 0 atom stereocenters. The number of nitrogens with one attached hydrogen (secondary N) is 1. The number of phenolic OH excluding ortho intramolecular Hbond substituents is 1. The van der Waals surface area contributed by atoms with Gasteiger partial charge in [0.15, 0.2) is 17.5 Å². The normalized spacial score (nSPS) is 11.2. The molecule has 2 aromatic rings. The van der Waals surface area contributed by atoms with E-state index in [4.69, 9.17) is 9.47 Å². The summed E-state index contributed by atoms with van der Waals surface area (Å²) >= 11 is 0. The van der Waals surface area contributed by atoms with Crippen LogP contribution in [0.4, 0.5) is 4.39 Å². The number of nitrogens with zero attached hydrogens (tertiary/aromatic N) is 2. The van der Waals surface area contributed by atoms with Gasteiger partial charge in [-0.1, -0.05) is 6.07 Å². The van der Waals surface area contributed by atoms with Gasteiger partial charge in [0.25, 0.3) is 0 Å². The largest absolute Gasteiger partial charge is 0.504 e. The number of halogens is 1. The molecule has 2 aromatic carbocycles. The molecule has 0 aliphatic rings. The molecule has 0 radical (unpaired) electrons. The molecule has 146 valence electrons. The molecule has 0 spiro atoms. The number of likely N-dealkylation sites (N-methyl/N-ethyl adjacent to an activating group) is 1. The van der Waals surface area contributed by atoms with Crippen molar-refractivity contribution in [3.63, 3.8) is 0 Å². The van der Waals surface area contributed by atoms with Crippen molar-refractivity contribution in [2.24, 2.45) is 4.99 Å². The number of rotatable bonds is 8. The fourth-order valence-electron chi connectivity index (χ4n) is 2.41. The van der Waals surface area contributed by atoms with Crippen LogP contribution in [-0.2, 0) is 6.54 Å². The van der Waals surface area contributed by atoms with Gasteiger partial charge in [-0.15, -0.1) is 0 Å². The molecule has 0 saturated carbocycles. The summed E-state index contributed by atoms with van der Waals surface area (Å²) < 4.78 is 23.6. The molecule has 6 nitrogen and oxygen atoms in total. The van der Waals surface area contributed by atoms with Crippen LogP contribution < -0.4 is 14.8 Å². The summed E-state index contributed by atoms with van der Waals surface area (Å²) in [4.78, 5) is 6.55. The molecule has 0 aliphatic heterocycles. The van der Waals surface area contributed by atoms with E-state index in [1.165, 1.54) is 19.2 Å². The quantitative estimate of drug-likeness (QED) is 0.548. The third-order valence-corrected chi connectivity index (χ3v) is 3.86. The summed E-state index contributed by atoms with van der Waals surface area (Å²) in [6, 6.07) is 11.2. The van der Waals surface area contributed by atoms with Gasteiger partial charge in [0.2, 0.25) is 0 Å². The number of aliphatic imine (C=N–C) groups is 1. The second kappa shape index (κ2) is 10.3. The molecule has 27 heavy (non-hydrogen) atoms. The topological polar surface area (TPSA) is 66.3 Å². The number of benzene rings is 2. The van der Waals surface area contributed by atoms with Crippen molar-refractivity contribution in [3.05, 3.63) is 53.8 Å². The van der Waals surface area contributed by atoms with Gasteiger partial charge in [0.05, 0.1) is 20.2 Å². The highest BCUT2D eigenvalue weighted by atomic mass is 19.1. The number of phenols is 1. The van der Waals surface area contributed by atoms with E-state index in [9.17, 15) is 9.50 Å². The van der Waals surface area contributed by atoms with Gasteiger partial charge in [-0.3, -0.25) is 0 Å². The van der Waals surface area contributed by atoms with Crippen LogP contribution in [0.5, 0.6) is 17.2 Å². The Bertz CT molecular complexity index is 751. The van der Waals surface area contributed by atoms with Gasteiger partial charge in [-0.25, -0.2) is 9.38 Å². The van der Waals surface area contributed by atoms with Crippen LogP contribution in [0.2, 0.25) is 0 Å². The van der Waals surface area contributed by atoms with Crippen molar-refractivity contribution < 1.29 is 19.0 Å². The molecule has 0 aromatic heterocycles. The average molecular weight is 375 g/mol. The molecule has 0 bridgehead atoms. The third-order valence-electron chi connectivity index (χ3n) is 3.86. The Morgan fingerprint density at radius 1 is 1.22 bits per heavy atom. The van der Waals surface area contributed by atoms with Gasteiger partial charge >= 0.3 is 0 Å². The van der Waals surface area contributed by atoms with Gasteiger partial charge in [0, 0.05) is 13.6 Å². The molecule has 0 unspecified atom stereocenters. The lowest BCUT2D eigenvalue weighted by Crippen LogP contribution is -2.40. The Kier molecular flexibility index (Phi) is 7.73. The first-order chi connectivity index (χ1) is 13.0. The van der Waals surface area contributed by atoms with Crippen LogP contribution in [0.15, 0.2) is 47.5 Å². The molecule has 0 aliphatic carbocycles. The minimum atomic E-state index is -0.286. The third kappa shape index (κ3) is 6.36. The predicted octanol–water partition coefficient (Wildman–Crippen LogP) is 3.02. The van der Waals surface area contributed by atoms with Crippen LogP contribution in [0.25, 0.3) is 0 Å². The Hall–Kier alpha value is -2.96. The lowest BCUT2D eigenvalue weighted by Gasteiger charge is -2.22. The summed E-state index contributed by atoms with van der Waals surface area (Å²) in [6.45, 7) is 4.20. The second-order valence-electron chi connectivity index (χ2n) is 5.90. The molecule has 0 heterocycles. The van der Waals surface area contributed by atoms with E-state index in [0.717, 1.165) is 18.1 Å². The standard InChI is InChI=1S/C20H26FN3O3/c1-4-22-20(23-14-15-5-10-19(26-3)18(25)13-15)24(2)11-12-27-17-8-6-16(21)7-9-17/h5-10,13,25H,4,11-12,14H2,1-3H3,(H,22,23). The van der Waals surface area contributed by atoms with Crippen molar-refractivity contribution in [1.82, 2.24) is 10.2 Å². The number of aromatic hydroxyl groups is 1. The van der Waals surface area contributed by atoms with Crippen molar-refractivity contribution in [2.75, 3.05) is 33.9 Å². The van der Waals surface area contributed by atoms with Crippen LogP contribution >= 0.6 is 0 Å². The maximum atomic E-state index is 12.9. The molecule has 0 fully saturated rings. The Morgan fingerprint density at radius 3 is 2.59 bits per heavy atom. The maximum absolute atomic E-state index is 12.9. The first-order valence-corrected chi connectivity index (χ1v) is 8.77. The lowest BCUT2D eigenvalue weighted by molar-refractivity contribution is 0.281. The highest BCUT2D eigenvalue weighted by Crippen LogP contribution is 2.26. The van der Waals surface area contributed by atoms with E-state index in [-0.39, 0.29) is 11.6 Å². The summed E-state index contributed by atoms with van der Waals surface area (Å²) in [7, 11) is 3.43. The van der Waals surface area contributed by atoms with Gasteiger partial charge in [0.1, 0.15) is 18.2 Å². The zero-order chi connectivity index (χ0) is 19.6. The number of ether oxygens (including phenoxy) is 2. The molecular weight excluding hydrogens is 349 g/mol. The van der Waals surface area contributed by atoms with Crippen LogP contribution in [0, 0.1) is 5.82 Å². The van der Waals surface area contributed by atoms with Crippen molar-refractivity contribution in [3.8, 4) is 17.2 Å². The molecule has 0 amide bonds. The maximum Gasteiger partial charge on any atom is 0.194 e. The highest BCUT2D eigenvalue weighted by Gasteiger charge is 2.07. The zero-order valence-corrected chi connectivity index (χ0v) is 15.9. The Labute approximate surface area is 159 Å². The number of guanidine groups is 1. The lowest BCUT2D eigenvalue weighted by atomic mass is 10.2. The Morgan fingerprint density at radius 2 is 1.96 bits per heavy atom. The summed E-state index contributed by atoms with van der Waals surface area (Å²) in [5.74, 6) is 1.60. The number of hydrogen-bond donors (Lipinski definition) is 2. The number of hydrogen-bond acceptors (Lipinski definition) is 4. The van der Waals surface area contributed by atoms with Gasteiger partial charge < -0.3 is 24.8 Å². The highest BCUT2D eigenvalue weighted by molar-refractivity contribution is 5.79. The van der Waals surface area contributed by atoms with Gasteiger partial charge in [-0.2, -0.15) is 0 Å². The van der Waals surface area contributed by atoms with E-state index in [1.807, 2.05) is 24.9 Å². The molecule has 2 rings (SSSR count). The first-order valence-electron chi connectivity index (χ1n) is 8.77. The SMILES string of the molecule is CCNC(=NCc1ccc(OC)c(O)c1)N(C)CCOc1ccc(F)cc1. The minimum absolute atomic E-state index is 0.0938. The minimum Gasteiger partial charge on any atom is -0.504 e. The van der Waals surface area contributed by atoms with Gasteiger partial charge in [-0.05, 0) is 48.9 Å². The molecule has 0 saturated heterocycles. The molecular formula is C20H26FN3O3. The monoisotopic (exact) mass is 375 g/mol. The second-order valence-corrected chi connectivity index (χ2v) is 5.90. The predicted molar refractivity (Wildman–Crippen MR) is 104 cm³/mol. The molecule has 2 N–H and O–H groups in total. The zero-order valence-electron chi connectivity index (χ0n) is 15.9.